The number of benzene rings is 1. The largest absolute Gasteiger partial charge is 0.461 e. The highest BCUT2D eigenvalue weighted by Gasteiger charge is 2.17. The van der Waals surface area contributed by atoms with E-state index in [0.29, 0.717) is 22.5 Å². The molecule has 0 aliphatic heterocycles. The number of carbonyl (C=O) groups excluding carboxylic acids is 1. The number of halogens is 2. The van der Waals surface area contributed by atoms with Gasteiger partial charge in [-0.25, -0.2) is 9.78 Å². The van der Waals surface area contributed by atoms with Gasteiger partial charge in [0.1, 0.15) is 0 Å². The number of ether oxygens (including phenoxy) is 1. The third-order valence-electron chi connectivity index (χ3n) is 2.44. The molecule has 1 N–H and O–H groups in total. The van der Waals surface area contributed by atoms with Gasteiger partial charge in [0.2, 0.25) is 0 Å². The number of hydrogen-bond donors (Lipinski definition) is 1. The maximum absolute atomic E-state index is 11.7. The van der Waals surface area contributed by atoms with Gasteiger partial charge in [-0.3, -0.25) is 0 Å². The Kier molecular flexibility index (Phi) is 5.01. The van der Waals surface area contributed by atoms with Crippen LogP contribution in [0.25, 0.3) is 0 Å². The molecule has 20 heavy (non-hydrogen) atoms. The molecule has 106 valence electrons. The molecule has 2 aromatic rings. The van der Waals surface area contributed by atoms with Gasteiger partial charge in [-0.15, -0.1) is 11.3 Å². The molecule has 0 radical (unpaired) electrons. The minimum absolute atomic E-state index is 0.329. The first-order chi connectivity index (χ1) is 9.51. The van der Waals surface area contributed by atoms with Crippen molar-refractivity contribution in [3.05, 3.63) is 38.3 Å². The van der Waals surface area contributed by atoms with Crippen molar-refractivity contribution in [2.24, 2.45) is 0 Å². The summed E-state index contributed by atoms with van der Waals surface area (Å²) in [6.45, 7) is 3.92. The minimum atomic E-state index is -0.408. The number of carbonyl (C=O) groups is 1. The second kappa shape index (κ2) is 6.56. The van der Waals surface area contributed by atoms with Crippen molar-refractivity contribution in [2.45, 2.75) is 13.8 Å². The Labute approximate surface area is 134 Å². The number of nitrogens with zero attached hydrogens (tertiary/aromatic N) is 1. The topological polar surface area (TPSA) is 51.2 Å². The molecule has 4 nitrogen and oxygen atoms in total. The summed E-state index contributed by atoms with van der Waals surface area (Å²) in [7, 11) is 0. The molecule has 0 atom stereocenters. The fourth-order valence-corrected chi connectivity index (χ4v) is 2.89. The Bertz CT molecular complexity index is 645. The zero-order valence-electron chi connectivity index (χ0n) is 10.9. The van der Waals surface area contributed by atoms with Crippen LogP contribution in [-0.4, -0.2) is 17.6 Å². The van der Waals surface area contributed by atoms with Gasteiger partial charge in [-0.05, 0) is 32.0 Å². The summed E-state index contributed by atoms with van der Waals surface area (Å²) in [5, 5.41) is 4.29. The number of rotatable bonds is 4. The van der Waals surface area contributed by atoms with Gasteiger partial charge in [-0.1, -0.05) is 27.5 Å². The quantitative estimate of drug-likeness (QED) is 0.781. The monoisotopic (exact) mass is 374 g/mol. The molecular weight excluding hydrogens is 364 g/mol. The lowest BCUT2D eigenvalue weighted by Crippen LogP contribution is -2.06. The first-order valence-corrected chi connectivity index (χ1v) is 7.86. The lowest BCUT2D eigenvalue weighted by Gasteiger charge is -2.05. The molecule has 0 spiro atoms. The standard InChI is InChI=1S/C13H12BrClN2O2S/c1-3-19-12(18)11-7(2)20-13(17-11)16-10-6-8(14)4-5-9(10)15/h4-6H,3H2,1-2H3,(H,16,17). The van der Waals surface area contributed by atoms with Gasteiger partial charge in [-0.2, -0.15) is 0 Å². The molecule has 2 rings (SSSR count). The third kappa shape index (κ3) is 3.50. The fraction of sp³-hybridized carbons (Fsp3) is 0.231. The first kappa shape index (κ1) is 15.3. The average Bonchev–Trinajstić information content (AvgIpc) is 2.75. The highest BCUT2D eigenvalue weighted by Crippen LogP contribution is 2.31. The van der Waals surface area contributed by atoms with Gasteiger partial charge in [0, 0.05) is 9.35 Å². The number of anilines is 2. The van der Waals surface area contributed by atoms with Crippen LogP contribution < -0.4 is 5.32 Å². The molecule has 0 aliphatic carbocycles. The maximum atomic E-state index is 11.7. The number of nitrogens with one attached hydrogen (secondary N) is 1. The van der Waals surface area contributed by atoms with Crippen LogP contribution in [0.15, 0.2) is 22.7 Å². The summed E-state index contributed by atoms with van der Waals surface area (Å²) in [5.41, 5.74) is 1.07. The van der Waals surface area contributed by atoms with Crippen molar-refractivity contribution in [3.63, 3.8) is 0 Å². The molecule has 1 aromatic carbocycles. The van der Waals surface area contributed by atoms with Gasteiger partial charge in [0.05, 0.1) is 17.3 Å². The molecule has 0 aliphatic rings. The summed E-state index contributed by atoms with van der Waals surface area (Å²) >= 11 is 10.9. The molecule has 0 amide bonds. The molecule has 7 heteroatoms. The minimum Gasteiger partial charge on any atom is -0.461 e. The SMILES string of the molecule is CCOC(=O)c1nc(Nc2cc(Br)ccc2Cl)sc1C. The van der Waals surface area contributed by atoms with Gasteiger partial charge in [0.25, 0.3) is 0 Å². The van der Waals surface area contributed by atoms with Crippen molar-refractivity contribution in [3.8, 4) is 0 Å². The summed E-state index contributed by atoms with van der Waals surface area (Å²) in [6, 6.07) is 5.48. The summed E-state index contributed by atoms with van der Waals surface area (Å²) in [6.07, 6.45) is 0. The number of thiazole rings is 1. The van der Waals surface area contributed by atoms with E-state index >= 15 is 0 Å². The number of esters is 1. The van der Waals surface area contributed by atoms with Crippen LogP contribution in [0.2, 0.25) is 5.02 Å². The van der Waals surface area contributed by atoms with E-state index in [1.165, 1.54) is 11.3 Å². The normalized spacial score (nSPS) is 10.4. The summed E-state index contributed by atoms with van der Waals surface area (Å²) in [5.74, 6) is -0.408. The van der Waals surface area contributed by atoms with E-state index in [9.17, 15) is 4.79 Å². The zero-order valence-corrected chi connectivity index (χ0v) is 14.0. The van der Waals surface area contributed by atoms with E-state index in [1.54, 1.807) is 13.0 Å². The Balaban J connectivity index is 2.24. The van der Waals surface area contributed by atoms with Crippen LogP contribution in [0.5, 0.6) is 0 Å². The summed E-state index contributed by atoms with van der Waals surface area (Å²) in [4.78, 5) is 16.8. The van der Waals surface area contributed by atoms with E-state index in [-0.39, 0.29) is 0 Å². The number of aromatic nitrogens is 1. The van der Waals surface area contributed by atoms with E-state index in [2.05, 4.69) is 26.2 Å². The highest BCUT2D eigenvalue weighted by molar-refractivity contribution is 9.10. The van der Waals surface area contributed by atoms with Crippen LogP contribution in [0.4, 0.5) is 10.8 Å². The second-order valence-corrected chi connectivity index (χ2v) is 6.42. The van der Waals surface area contributed by atoms with Crippen molar-refractivity contribution >= 4 is 55.7 Å². The molecule has 0 fully saturated rings. The van der Waals surface area contributed by atoms with Gasteiger partial charge < -0.3 is 10.1 Å². The Hall–Kier alpha value is -1.11. The van der Waals surface area contributed by atoms with Crippen LogP contribution >= 0.6 is 38.9 Å². The third-order valence-corrected chi connectivity index (χ3v) is 4.14. The molecule has 0 unspecified atom stereocenters. The van der Waals surface area contributed by atoms with Crippen molar-refractivity contribution < 1.29 is 9.53 Å². The van der Waals surface area contributed by atoms with Crippen LogP contribution in [0, 0.1) is 6.92 Å². The molecule has 0 saturated carbocycles. The molecule has 1 aromatic heterocycles. The predicted octanol–water partition coefficient (Wildman–Crippen LogP) is 4.79. The van der Waals surface area contributed by atoms with Crippen molar-refractivity contribution in [1.82, 2.24) is 4.98 Å². The van der Waals surface area contributed by atoms with Crippen molar-refractivity contribution in [1.29, 1.82) is 0 Å². The number of aryl methyl sites for hydroxylation is 1. The molecule has 0 saturated heterocycles. The van der Waals surface area contributed by atoms with E-state index in [0.717, 1.165) is 15.0 Å². The summed E-state index contributed by atoms with van der Waals surface area (Å²) < 4.78 is 5.86. The average molecular weight is 376 g/mol. The lowest BCUT2D eigenvalue weighted by atomic mass is 10.3. The Morgan fingerprint density at radius 3 is 3.00 bits per heavy atom. The zero-order chi connectivity index (χ0) is 14.7. The smallest absolute Gasteiger partial charge is 0.358 e. The van der Waals surface area contributed by atoms with E-state index < -0.39 is 5.97 Å². The fourth-order valence-electron chi connectivity index (χ4n) is 1.55. The van der Waals surface area contributed by atoms with Crippen LogP contribution in [-0.2, 0) is 4.74 Å². The Morgan fingerprint density at radius 1 is 1.55 bits per heavy atom. The maximum Gasteiger partial charge on any atom is 0.358 e. The van der Waals surface area contributed by atoms with Crippen molar-refractivity contribution in [2.75, 3.05) is 11.9 Å². The predicted molar refractivity (Wildman–Crippen MR) is 85.2 cm³/mol. The molecular formula is C13H12BrClN2O2S. The molecule has 0 bridgehead atoms. The van der Waals surface area contributed by atoms with Gasteiger partial charge >= 0.3 is 5.97 Å². The van der Waals surface area contributed by atoms with Gasteiger partial charge in [0.15, 0.2) is 10.8 Å². The van der Waals surface area contributed by atoms with E-state index in [1.807, 2.05) is 19.1 Å². The number of hydrogen-bond acceptors (Lipinski definition) is 5. The van der Waals surface area contributed by atoms with Crippen LogP contribution in [0.3, 0.4) is 0 Å². The lowest BCUT2D eigenvalue weighted by molar-refractivity contribution is 0.0519. The van der Waals surface area contributed by atoms with E-state index in [4.69, 9.17) is 16.3 Å². The Morgan fingerprint density at radius 2 is 2.30 bits per heavy atom. The molecule has 1 heterocycles. The highest BCUT2D eigenvalue weighted by atomic mass is 79.9. The van der Waals surface area contributed by atoms with Crippen LogP contribution in [0.1, 0.15) is 22.3 Å². The first-order valence-electron chi connectivity index (χ1n) is 5.88. The second-order valence-electron chi connectivity index (χ2n) is 3.89.